The van der Waals surface area contributed by atoms with Gasteiger partial charge in [0.15, 0.2) is 0 Å². The van der Waals surface area contributed by atoms with Crippen LogP contribution in [0.2, 0.25) is 0 Å². The average molecular weight is 351 g/mol. The number of likely N-dealkylation sites (tertiary alicyclic amines) is 1. The monoisotopic (exact) mass is 351 g/mol. The molecule has 0 unspecified atom stereocenters. The number of para-hydroxylation sites is 1. The maximum atomic E-state index is 12.8. The van der Waals surface area contributed by atoms with Crippen molar-refractivity contribution in [3.05, 3.63) is 72.8 Å². The van der Waals surface area contributed by atoms with Gasteiger partial charge < -0.3 is 14.4 Å². The Kier molecular flexibility index (Phi) is 6.45. The summed E-state index contributed by atoms with van der Waals surface area (Å²) in [5.74, 6) is 2.02. The fourth-order valence-corrected chi connectivity index (χ4v) is 3.12. The summed E-state index contributed by atoms with van der Waals surface area (Å²) in [5.41, 5.74) is 0.666. The minimum Gasteiger partial charge on any atom is -0.457 e. The van der Waals surface area contributed by atoms with Gasteiger partial charge in [0.25, 0.3) is 5.91 Å². The Morgan fingerprint density at radius 2 is 1.81 bits per heavy atom. The first-order valence-corrected chi connectivity index (χ1v) is 9.07. The van der Waals surface area contributed by atoms with Crippen LogP contribution in [-0.2, 0) is 4.74 Å². The first kappa shape index (κ1) is 18.2. The van der Waals surface area contributed by atoms with Crippen molar-refractivity contribution in [3.8, 4) is 11.5 Å². The quantitative estimate of drug-likeness (QED) is 0.543. The number of amides is 1. The first-order valence-electron chi connectivity index (χ1n) is 9.07. The lowest BCUT2D eigenvalue weighted by Crippen LogP contribution is -2.39. The Bertz CT molecular complexity index is 721. The van der Waals surface area contributed by atoms with Gasteiger partial charge in [-0.15, -0.1) is 6.58 Å². The van der Waals surface area contributed by atoms with E-state index in [1.54, 1.807) is 6.08 Å². The van der Waals surface area contributed by atoms with Crippen LogP contribution < -0.4 is 4.74 Å². The van der Waals surface area contributed by atoms with Gasteiger partial charge >= 0.3 is 0 Å². The third-order valence-electron chi connectivity index (χ3n) is 4.55. The molecule has 2 aromatic carbocycles. The van der Waals surface area contributed by atoms with E-state index < -0.39 is 0 Å². The van der Waals surface area contributed by atoms with Crippen LogP contribution in [0.1, 0.15) is 23.2 Å². The van der Waals surface area contributed by atoms with Crippen LogP contribution in [0.5, 0.6) is 11.5 Å². The highest BCUT2D eigenvalue weighted by Crippen LogP contribution is 2.24. The van der Waals surface area contributed by atoms with Crippen molar-refractivity contribution in [1.82, 2.24) is 4.90 Å². The summed E-state index contributed by atoms with van der Waals surface area (Å²) in [5, 5.41) is 0. The normalized spacial score (nSPS) is 14.8. The van der Waals surface area contributed by atoms with Crippen LogP contribution in [-0.4, -0.2) is 37.1 Å². The van der Waals surface area contributed by atoms with Crippen molar-refractivity contribution in [2.75, 3.05) is 26.3 Å². The molecular formula is C22H25NO3. The molecule has 0 atom stereocenters. The van der Waals surface area contributed by atoms with E-state index in [1.165, 1.54) is 0 Å². The topological polar surface area (TPSA) is 38.8 Å². The molecule has 1 heterocycles. The summed E-state index contributed by atoms with van der Waals surface area (Å²) in [6.07, 6.45) is 3.72. The number of nitrogens with zero attached hydrogens (tertiary/aromatic N) is 1. The third-order valence-corrected chi connectivity index (χ3v) is 4.55. The van der Waals surface area contributed by atoms with Crippen LogP contribution in [0.4, 0.5) is 0 Å². The molecule has 0 radical (unpaired) electrons. The number of rotatable bonds is 7. The molecular weight excluding hydrogens is 326 g/mol. The van der Waals surface area contributed by atoms with Gasteiger partial charge in [0.1, 0.15) is 11.5 Å². The molecule has 0 aliphatic carbocycles. The van der Waals surface area contributed by atoms with Crippen LogP contribution in [0.25, 0.3) is 0 Å². The minimum atomic E-state index is 0.0639. The van der Waals surface area contributed by atoms with Gasteiger partial charge in [0.2, 0.25) is 0 Å². The van der Waals surface area contributed by atoms with E-state index >= 15 is 0 Å². The van der Waals surface area contributed by atoms with Crippen molar-refractivity contribution in [2.24, 2.45) is 5.92 Å². The number of hydrogen-bond acceptors (Lipinski definition) is 3. The molecule has 0 bridgehead atoms. The number of ether oxygens (including phenoxy) is 2. The lowest BCUT2D eigenvalue weighted by Gasteiger charge is -2.32. The van der Waals surface area contributed by atoms with E-state index in [-0.39, 0.29) is 5.91 Å². The zero-order valence-corrected chi connectivity index (χ0v) is 15.0. The average Bonchev–Trinajstić information content (AvgIpc) is 2.69. The molecule has 3 rings (SSSR count). The van der Waals surface area contributed by atoms with E-state index in [0.717, 1.165) is 38.3 Å². The maximum absolute atomic E-state index is 12.8. The molecule has 0 spiro atoms. The lowest BCUT2D eigenvalue weighted by atomic mass is 9.97. The molecule has 0 saturated carbocycles. The second kappa shape index (κ2) is 9.20. The van der Waals surface area contributed by atoms with Crippen LogP contribution >= 0.6 is 0 Å². The predicted molar refractivity (Wildman–Crippen MR) is 103 cm³/mol. The van der Waals surface area contributed by atoms with E-state index in [1.807, 2.05) is 59.5 Å². The van der Waals surface area contributed by atoms with Crippen molar-refractivity contribution < 1.29 is 14.3 Å². The smallest absolute Gasteiger partial charge is 0.253 e. The zero-order valence-electron chi connectivity index (χ0n) is 15.0. The van der Waals surface area contributed by atoms with E-state index in [0.29, 0.717) is 23.8 Å². The minimum absolute atomic E-state index is 0.0639. The Morgan fingerprint density at radius 3 is 2.54 bits per heavy atom. The number of carbonyl (C=O) groups is 1. The molecule has 4 nitrogen and oxygen atoms in total. The molecule has 1 saturated heterocycles. The van der Waals surface area contributed by atoms with Gasteiger partial charge in [-0.3, -0.25) is 4.79 Å². The standard InChI is InChI=1S/C22H25NO3/c1-2-15-25-17-18-11-13-23(14-12-18)22(24)19-7-6-10-21(16-19)26-20-8-4-3-5-9-20/h2-10,16,18H,1,11-15,17H2. The molecule has 136 valence electrons. The summed E-state index contributed by atoms with van der Waals surface area (Å²) < 4.78 is 11.4. The maximum Gasteiger partial charge on any atom is 0.253 e. The van der Waals surface area contributed by atoms with Crippen molar-refractivity contribution >= 4 is 5.91 Å². The number of hydrogen-bond donors (Lipinski definition) is 0. The SMILES string of the molecule is C=CCOCC1CCN(C(=O)c2cccc(Oc3ccccc3)c2)CC1. The second-order valence-electron chi connectivity index (χ2n) is 6.50. The molecule has 26 heavy (non-hydrogen) atoms. The van der Waals surface area contributed by atoms with E-state index in [2.05, 4.69) is 6.58 Å². The fraction of sp³-hybridized carbons (Fsp3) is 0.318. The van der Waals surface area contributed by atoms with E-state index in [4.69, 9.17) is 9.47 Å². The van der Waals surface area contributed by atoms with Crippen molar-refractivity contribution in [1.29, 1.82) is 0 Å². The molecule has 1 aliphatic heterocycles. The summed E-state index contributed by atoms with van der Waals surface area (Å²) in [7, 11) is 0. The number of carbonyl (C=O) groups excluding carboxylic acids is 1. The third kappa shape index (κ3) is 4.96. The number of piperidine rings is 1. The molecule has 1 aliphatic rings. The molecule has 2 aromatic rings. The fourth-order valence-electron chi connectivity index (χ4n) is 3.12. The Morgan fingerprint density at radius 1 is 1.08 bits per heavy atom. The van der Waals surface area contributed by atoms with Crippen LogP contribution in [0, 0.1) is 5.92 Å². The van der Waals surface area contributed by atoms with E-state index in [9.17, 15) is 4.79 Å². The Labute approximate surface area is 155 Å². The molecule has 1 amide bonds. The molecule has 1 fully saturated rings. The van der Waals surface area contributed by atoms with Gasteiger partial charge in [0.05, 0.1) is 6.61 Å². The zero-order chi connectivity index (χ0) is 18.2. The summed E-state index contributed by atoms with van der Waals surface area (Å²) in [6, 6.07) is 17.0. The highest BCUT2D eigenvalue weighted by molar-refractivity contribution is 5.94. The second-order valence-corrected chi connectivity index (χ2v) is 6.50. The van der Waals surface area contributed by atoms with Crippen molar-refractivity contribution in [2.45, 2.75) is 12.8 Å². The highest BCUT2D eigenvalue weighted by atomic mass is 16.5. The molecule has 0 N–H and O–H groups in total. The van der Waals surface area contributed by atoms with Gasteiger partial charge in [-0.25, -0.2) is 0 Å². The largest absolute Gasteiger partial charge is 0.457 e. The Hall–Kier alpha value is -2.59. The predicted octanol–water partition coefficient (Wildman–Crippen LogP) is 4.53. The summed E-state index contributed by atoms with van der Waals surface area (Å²) in [4.78, 5) is 14.7. The van der Waals surface area contributed by atoms with Gasteiger partial charge in [-0.2, -0.15) is 0 Å². The lowest BCUT2D eigenvalue weighted by molar-refractivity contribution is 0.0575. The highest BCUT2D eigenvalue weighted by Gasteiger charge is 2.23. The van der Waals surface area contributed by atoms with Crippen LogP contribution in [0.3, 0.4) is 0 Å². The molecule has 0 aromatic heterocycles. The first-order chi connectivity index (χ1) is 12.8. The van der Waals surface area contributed by atoms with Gasteiger partial charge in [0, 0.05) is 25.3 Å². The van der Waals surface area contributed by atoms with Gasteiger partial charge in [-0.05, 0) is 49.1 Å². The number of benzene rings is 2. The van der Waals surface area contributed by atoms with Crippen molar-refractivity contribution in [3.63, 3.8) is 0 Å². The van der Waals surface area contributed by atoms with Gasteiger partial charge in [-0.1, -0.05) is 30.3 Å². The molecule has 4 heteroatoms. The Balaban J connectivity index is 1.57. The van der Waals surface area contributed by atoms with Crippen LogP contribution in [0.15, 0.2) is 67.3 Å². The summed E-state index contributed by atoms with van der Waals surface area (Å²) >= 11 is 0. The summed E-state index contributed by atoms with van der Waals surface area (Å²) in [6.45, 7) is 6.53.